The van der Waals surface area contributed by atoms with Gasteiger partial charge in [-0.05, 0) is 50.1 Å². The van der Waals surface area contributed by atoms with Gasteiger partial charge in [0, 0.05) is 30.3 Å². The van der Waals surface area contributed by atoms with E-state index in [0.29, 0.717) is 16.8 Å². The zero-order chi connectivity index (χ0) is 20.5. The average molecular weight is 421 g/mol. The van der Waals surface area contributed by atoms with Crippen molar-refractivity contribution >= 4 is 39.1 Å². The highest BCUT2D eigenvalue weighted by atomic mass is 32.2. The van der Waals surface area contributed by atoms with Crippen LogP contribution in [-0.4, -0.2) is 44.1 Å². The van der Waals surface area contributed by atoms with Crippen LogP contribution < -0.4 is 9.62 Å². The maximum atomic E-state index is 13.0. The number of carboxylic acids is 1. The number of aromatic carboxylic acids is 1. The van der Waals surface area contributed by atoms with E-state index in [4.69, 9.17) is 0 Å². The summed E-state index contributed by atoms with van der Waals surface area (Å²) in [4.78, 5) is 14.1. The predicted molar refractivity (Wildman–Crippen MR) is 114 cm³/mol. The Hall–Kier alpha value is -2.19. The van der Waals surface area contributed by atoms with Crippen molar-refractivity contribution in [1.82, 2.24) is 0 Å². The third kappa shape index (κ3) is 4.28. The SMILES string of the molecule is Cc1cc(C)c(S(=O)(=O)Nc2ccc(N3CCSCC3)c(C(=O)O)c2)c(C)c1. The third-order valence-electron chi connectivity index (χ3n) is 4.70. The fourth-order valence-corrected chi connectivity index (χ4v) is 6.06. The van der Waals surface area contributed by atoms with Gasteiger partial charge in [-0.25, -0.2) is 13.2 Å². The molecule has 8 heteroatoms. The van der Waals surface area contributed by atoms with Gasteiger partial charge < -0.3 is 10.0 Å². The Morgan fingerprint density at radius 3 is 2.25 bits per heavy atom. The first-order valence-corrected chi connectivity index (χ1v) is 11.6. The first kappa shape index (κ1) is 20.5. The van der Waals surface area contributed by atoms with Crippen LogP contribution in [0.25, 0.3) is 0 Å². The van der Waals surface area contributed by atoms with Gasteiger partial charge in [0.15, 0.2) is 0 Å². The van der Waals surface area contributed by atoms with Gasteiger partial charge in [-0.3, -0.25) is 4.72 Å². The van der Waals surface area contributed by atoms with E-state index < -0.39 is 16.0 Å². The topological polar surface area (TPSA) is 86.7 Å². The Morgan fingerprint density at radius 2 is 1.68 bits per heavy atom. The van der Waals surface area contributed by atoms with Crippen LogP contribution in [0.15, 0.2) is 35.2 Å². The van der Waals surface area contributed by atoms with Crippen LogP contribution in [0, 0.1) is 20.8 Å². The summed E-state index contributed by atoms with van der Waals surface area (Å²) in [5.74, 6) is 0.815. The van der Waals surface area contributed by atoms with Crippen molar-refractivity contribution in [2.75, 3.05) is 34.2 Å². The van der Waals surface area contributed by atoms with Crippen molar-refractivity contribution in [1.29, 1.82) is 0 Å². The number of rotatable bonds is 5. The molecule has 0 aromatic heterocycles. The molecular weight excluding hydrogens is 396 g/mol. The van der Waals surface area contributed by atoms with Crippen molar-refractivity contribution < 1.29 is 18.3 Å². The highest BCUT2D eigenvalue weighted by Gasteiger charge is 2.23. The van der Waals surface area contributed by atoms with Crippen molar-refractivity contribution in [2.45, 2.75) is 25.7 Å². The molecule has 2 aromatic carbocycles. The summed E-state index contributed by atoms with van der Waals surface area (Å²) in [5, 5.41) is 9.65. The van der Waals surface area contributed by atoms with Gasteiger partial charge in [-0.1, -0.05) is 17.7 Å². The van der Waals surface area contributed by atoms with Gasteiger partial charge in [-0.15, -0.1) is 0 Å². The van der Waals surface area contributed by atoms with E-state index in [1.165, 1.54) is 6.07 Å². The second-order valence-corrected chi connectivity index (χ2v) is 9.81. The molecule has 3 rings (SSSR count). The molecule has 0 radical (unpaired) electrons. The summed E-state index contributed by atoms with van der Waals surface area (Å²) in [6.07, 6.45) is 0. The average Bonchev–Trinajstić information content (AvgIpc) is 2.60. The number of thioether (sulfide) groups is 1. The number of benzene rings is 2. The van der Waals surface area contributed by atoms with E-state index in [1.807, 2.05) is 35.7 Å². The minimum absolute atomic E-state index is 0.101. The maximum absolute atomic E-state index is 13.0. The molecule has 1 aliphatic heterocycles. The Morgan fingerprint density at radius 1 is 1.07 bits per heavy atom. The first-order chi connectivity index (χ1) is 13.2. The van der Waals surface area contributed by atoms with E-state index >= 15 is 0 Å². The minimum atomic E-state index is -3.83. The Balaban J connectivity index is 1.96. The molecule has 1 fully saturated rings. The summed E-state index contributed by atoms with van der Waals surface area (Å²) in [5.41, 5.74) is 3.28. The van der Waals surface area contributed by atoms with E-state index in [0.717, 1.165) is 30.2 Å². The number of carboxylic acid groups (broad SMARTS) is 1. The molecule has 1 aliphatic rings. The summed E-state index contributed by atoms with van der Waals surface area (Å²) in [6.45, 7) is 6.99. The molecule has 0 spiro atoms. The summed E-state index contributed by atoms with van der Waals surface area (Å²) < 4.78 is 28.4. The van der Waals surface area contributed by atoms with Gasteiger partial charge in [0.25, 0.3) is 10.0 Å². The van der Waals surface area contributed by atoms with Gasteiger partial charge in [-0.2, -0.15) is 11.8 Å². The number of carbonyl (C=O) groups is 1. The fraction of sp³-hybridized carbons (Fsp3) is 0.350. The molecule has 0 aliphatic carbocycles. The number of nitrogens with zero attached hydrogens (tertiary/aromatic N) is 1. The molecule has 2 aromatic rings. The molecule has 28 heavy (non-hydrogen) atoms. The lowest BCUT2D eigenvalue weighted by Gasteiger charge is -2.29. The molecule has 150 valence electrons. The molecule has 1 saturated heterocycles. The van der Waals surface area contributed by atoms with Crippen molar-refractivity contribution in [3.63, 3.8) is 0 Å². The van der Waals surface area contributed by atoms with Crippen LogP contribution in [0.4, 0.5) is 11.4 Å². The Bertz CT molecular complexity index is 990. The lowest BCUT2D eigenvalue weighted by molar-refractivity contribution is 0.0697. The van der Waals surface area contributed by atoms with Crippen molar-refractivity contribution in [3.05, 3.63) is 52.6 Å². The van der Waals surface area contributed by atoms with Crippen LogP contribution in [0.3, 0.4) is 0 Å². The Labute approximate surface area is 170 Å². The van der Waals surface area contributed by atoms with Gasteiger partial charge in [0.1, 0.15) is 0 Å². The van der Waals surface area contributed by atoms with E-state index in [9.17, 15) is 18.3 Å². The zero-order valence-electron chi connectivity index (χ0n) is 16.2. The molecule has 0 saturated carbocycles. The largest absolute Gasteiger partial charge is 0.478 e. The summed E-state index contributed by atoms with van der Waals surface area (Å²) >= 11 is 1.84. The predicted octanol–water partition coefficient (Wildman–Crippen LogP) is 3.66. The number of hydrogen-bond acceptors (Lipinski definition) is 5. The van der Waals surface area contributed by atoms with Crippen molar-refractivity contribution in [2.24, 2.45) is 0 Å². The first-order valence-electron chi connectivity index (χ1n) is 9.00. The smallest absolute Gasteiger partial charge is 0.337 e. The molecule has 0 amide bonds. The van der Waals surface area contributed by atoms with E-state index in [1.54, 1.807) is 26.0 Å². The lowest BCUT2D eigenvalue weighted by Crippen LogP contribution is -2.33. The van der Waals surface area contributed by atoms with E-state index in [-0.39, 0.29) is 16.1 Å². The highest BCUT2D eigenvalue weighted by Crippen LogP contribution is 2.29. The monoisotopic (exact) mass is 420 g/mol. The maximum Gasteiger partial charge on any atom is 0.337 e. The molecule has 0 atom stereocenters. The molecule has 2 N–H and O–H groups in total. The number of sulfonamides is 1. The molecule has 0 unspecified atom stereocenters. The van der Waals surface area contributed by atoms with Crippen LogP contribution in [0.1, 0.15) is 27.0 Å². The summed E-state index contributed by atoms with van der Waals surface area (Å²) in [7, 11) is -3.83. The second kappa shape index (κ2) is 8.05. The standard InChI is InChI=1S/C20H24N2O4S2/c1-13-10-14(2)19(15(3)11-13)28(25,26)21-16-4-5-18(17(12-16)20(23)24)22-6-8-27-9-7-22/h4-5,10-12,21H,6-9H2,1-3H3,(H,23,24). The zero-order valence-corrected chi connectivity index (χ0v) is 17.8. The number of anilines is 2. The van der Waals surface area contributed by atoms with Crippen LogP contribution in [0.2, 0.25) is 0 Å². The van der Waals surface area contributed by atoms with Crippen LogP contribution in [-0.2, 0) is 10.0 Å². The molecule has 0 bridgehead atoms. The second-order valence-electron chi connectivity index (χ2n) is 6.97. The third-order valence-corrected chi connectivity index (χ3v) is 7.33. The van der Waals surface area contributed by atoms with Gasteiger partial charge >= 0.3 is 5.97 Å². The number of nitrogens with one attached hydrogen (secondary N) is 1. The number of hydrogen-bond donors (Lipinski definition) is 2. The quantitative estimate of drug-likeness (QED) is 0.768. The molecular formula is C20H24N2O4S2. The summed E-state index contributed by atoms with van der Waals surface area (Å²) in [6, 6.07) is 8.35. The van der Waals surface area contributed by atoms with Crippen LogP contribution >= 0.6 is 11.8 Å². The van der Waals surface area contributed by atoms with Gasteiger partial charge in [0.2, 0.25) is 0 Å². The van der Waals surface area contributed by atoms with Crippen LogP contribution in [0.5, 0.6) is 0 Å². The normalized spacial score (nSPS) is 14.8. The number of aryl methyl sites for hydroxylation is 3. The fourth-order valence-electron chi connectivity index (χ4n) is 3.65. The van der Waals surface area contributed by atoms with Gasteiger partial charge in [0.05, 0.1) is 16.1 Å². The molecule has 6 nitrogen and oxygen atoms in total. The van der Waals surface area contributed by atoms with E-state index in [2.05, 4.69) is 4.72 Å². The molecule has 1 heterocycles. The Kier molecular flexibility index (Phi) is 5.90. The van der Waals surface area contributed by atoms with Crippen molar-refractivity contribution in [3.8, 4) is 0 Å². The highest BCUT2D eigenvalue weighted by molar-refractivity contribution is 7.99. The lowest BCUT2D eigenvalue weighted by atomic mass is 10.1. The minimum Gasteiger partial charge on any atom is -0.478 e.